The summed E-state index contributed by atoms with van der Waals surface area (Å²) in [5, 5.41) is 6.22. The summed E-state index contributed by atoms with van der Waals surface area (Å²) in [6.07, 6.45) is 0.581. The van der Waals surface area contributed by atoms with E-state index in [4.69, 9.17) is 16.0 Å². The highest BCUT2D eigenvalue weighted by Crippen LogP contribution is 2.42. The quantitative estimate of drug-likeness (QED) is 0.453. The van der Waals surface area contributed by atoms with Gasteiger partial charge in [0.2, 0.25) is 5.91 Å². The van der Waals surface area contributed by atoms with Gasteiger partial charge in [-0.1, -0.05) is 19.9 Å². The van der Waals surface area contributed by atoms with Crippen LogP contribution < -0.4 is 10.6 Å². The molecule has 0 aromatic heterocycles. The molecule has 0 saturated heterocycles. The molecule has 32 heavy (non-hydrogen) atoms. The van der Waals surface area contributed by atoms with Crippen LogP contribution in [0.4, 0.5) is 17.1 Å². The Bertz CT molecular complexity index is 1020. The fourth-order valence-corrected chi connectivity index (χ4v) is 3.81. The summed E-state index contributed by atoms with van der Waals surface area (Å²) in [5.74, 6) is -0.578. The van der Waals surface area contributed by atoms with Crippen LogP contribution in [0.1, 0.15) is 56.1 Å². The number of nitrogens with zero attached hydrogens (tertiary/aromatic N) is 1. The van der Waals surface area contributed by atoms with E-state index in [0.29, 0.717) is 30.0 Å². The third kappa shape index (κ3) is 5.45. The van der Waals surface area contributed by atoms with Gasteiger partial charge in [-0.15, -0.1) is 0 Å². The number of amides is 1. The Morgan fingerprint density at radius 1 is 1.22 bits per heavy atom. The molecule has 2 N–H and O–H groups in total. The number of benzene rings is 2. The predicted octanol–water partition coefficient (Wildman–Crippen LogP) is 5.34. The number of anilines is 2. The largest absolute Gasteiger partial charge is 0.461 e. The summed E-state index contributed by atoms with van der Waals surface area (Å²) >= 11 is 0. The van der Waals surface area contributed by atoms with Gasteiger partial charge in [0.05, 0.1) is 24.8 Å². The number of rotatable bonds is 7. The van der Waals surface area contributed by atoms with Gasteiger partial charge in [-0.25, -0.2) is 9.64 Å². The fraction of sp³-hybridized carbons (Fsp3) is 0.400. The van der Waals surface area contributed by atoms with Crippen LogP contribution in [0.2, 0.25) is 0 Å². The fourth-order valence-electron chi connectivity index (χ4n) is 3.81. The van der Waals surface area contributed by atoms with E-state index in [1.165, 1.54) is 6.92 Å². The zero-order valence-corrected chi connectivity index (χ0v) is 18.9. The second kappa shape index (κ2) is 9.84. The van der Waals surface area contributed by atoms with Crippen molar-refractivity contribution in [2.24, 2.45) is 5.41 Å². The van der Waals surface area contributed by atoms with Gasteiger partial charge in [-0.05, 0) is 55.3 Å². The molecule has 0 bridgehead atoms. The van der Waals surface area contributed by atoms with Crippen LogP contribution in [0.25, 0.3) is 4.85 Å². The standard InChI is InChI=1S/C25H29N3O4/c1-6-31-22-14-23(28-21-12-11-19(26-5)13-20(21)22)25(3,4)15-32-24(30)17-7-9-18(10-8-17)27-16(2)29/h7-13,22-23,28H,6,14-15H2,1-4H3,(H,27,29). The lowest BCUT2D eigenvalue weighted by Crippen LogP contribution is -2.44. The minimum atomic E-state index is -0.410. The first kappa shape index (κ1) is 23.3. The van der Waals surface area contributed by atoms with Gasteiger partial charge in [0.15, 0.2) is 5.69 Å². The molecule has 2 aromatic carbocycles. The van der Waals surface area contributed by atoms with E-state index in [1.54, 1.807) is 30.3 Å². The highest BCUT2D eigenvalue weighted by atomic mass is 16.5. The zero-order valence-electron chi connectivity index (χ0n) is 18.9. The van der Waals surface area contributed by atoms with Gasteiger partial charge in [0, 0.05) is 36.4 Å². The van der Waals surface area contributed by atoms with Gasteiger partial charge in [0.1, 0.15) is 0 Å². The predicted molar refractivity (Wildman–Crippen MR) is 124 cm³/mol. The molecular weight excluding hydrogens is 406 g/mol. The van der Waals surface area contributed by atoms with Gasteiger partial charge < -0.3 is 20.1 Å². The molecule has 7 nitrogen and oxygen atoms in total. The summed E-state index contributed by atoms with van der Waals surface area (Å²) in [6.45, 7) is 15.6. The molecule has 0 radical (unpaired) electrons. The monoisotopic (exact) mass is 435 g/mol. The second-order valence-electron chi connectivity index (χ2n) is 8.58. The van der Waals surface area contributed by atoms with Crippen molar-refractivity contribution in [1.29, 1.82) is 0 Å². The third-order valence-corrected chi connectivity index (χ3v) is 5.62. The smallest absolute Gasteiger partial charge is 0.338 e. The minimum Gasteiger partial charge on any atom is -0.461 e. The molecule has 0 spiro atoms. The molecule has 0 saturated carbocycles. The maximum absolute atomic E-state index is 12.6. The van der Waals surface area contributed by atoms with Gasteiger partial charge in [0.25, 0.3) is 0 Å². The number of carbonyl (C=O) groups excluding carboxylic acids is 2. The maximum atomic E-state index is 12.6. The van der Waals surface area contributed by atoms with Gasteiger partial charge in [-0.2, -0.15) is 0 Å². The van der Waals surface area contributed by atoms with E-state index in [2.05, 4.69) is 29.3 Å². The van der Waals surface area contributed by atoms with E-state index in [1.807, 2.05) is 19.1 Å². The summed E-state index contributed by atoms with van der Waals surface area (Å²) < 4.78 is 11.6. The molecular formula is C25H29N3O4. The van der Waals surface area contributed by atoms with E-state index in [9.17, 15) is 9.59 Å². The van der Waals surface area contributed by atoms with E-state index < -0.39 is 5.97 Å². The average Bonchev–Trinajstić information content (AvgIpc) is 2.77. The Kier molecular flexibility index (Phi) is 7.16. The first-order chi connectivity index (χ1) is 15.2. The van der Waals surface area contributed by atoms with Crippen molar-refractivity contribution in [3.05, 3.63) is 65.0 Å². The van der Waals surface area contributed by atoms with Crippen LogP contribution >= 0.6 is 0 Å². The van der Waals surface area contributed by atoms with Gasteiger partial charge in [-0.3, -0.25) is 4.79 Å². The van der Waals surface area contributed by atoms with Gasteiger partial charge >= 0.3 is 5.97 Å². The Hall–Kier alpha value is -3.37. The molecule has 0 fully saturated rings. The number of esters is 1. The summed E-state index contributed by atoms with van der Waals surface area (Å²) in [6, 6.07) is 12.2. The number of carbonyl (C=O) groups is 2. The number of hydrogen-bond donors (Lipinski definition) is 2. The normalized spacial score (nSPS) is 17.5. The molecule has 7 heteroatoms. The molecule has 3 rings (SSSR count). The van der Waals surface area contributed by atoms with Crippen molar-refractivity contribution in [3.63, 3.8) is 0 Å². The summed E-state index contributed by atoms with van der Waals surface area (Å²) in [7, 11) is 0. The van der Waals surface area contributed by atoms with Crippen molar-refractivity contribution in [2.45, 2.75) is 46.3 Å². The summed E-state index contributed by atoms with van der Waals surface area (Å²) in [4.78, 5) is 27.2. The van der Waals surface area contributed by atoms with Crippen molar-refractivity contribution in [3.8, 4) is 0 Å². The molecule has 1 aliphatic heterocycles. The third-order valence-electron chi connectivity index (χ3n) is 5.62. The molecule has 0 aliphatic carbocycles. The highest BCUT2D eigenvalue weighted by Gasteiger charge is 2.37. The Morgan fingerprint density at radius 2 is 1.94 bits per heavy atom. The molecule has 1 heterocycles. The molecule has 1 amide bonds. The molecule has 1 aliphatic rings. The van der Waals surface area contributed by atoms with Crippen molar-refractivity contribution in [2.75, 3.05) is 23.8 Å². The first-order valence-electron chi connectivity index (χ1n) is 10.7. The Labute approximate surface area is 188 Å². The van der Waals surface area contributed by atoms with E-state index in [-0.39, 0.29) is 30.1 Å². The number of hydrogen-bond acceptors (Lipinski definition) is 5. The number of ether oxygens (including phenoxy) is 2. The molecule has 2 atom stereocenters. The Balaban J connectivity index is 1.68. The molecule has 168 valence electrons. The van der Waals surface area contributed by atoms with Crippen LogP contribution in [-0.4, -0.2) is 31.1 Å². The first-order valence-corrected chi connectivity index (χ1v) is 10.7. The average molecular weight is 436 g/mol. The Morgan fingerprint density at radius 3 is 2.56 bits per heavy atom. The number of fused-ring (bicyclic) bond motifs is 1. The van der Waals surface area contributed by atoms with Crippen molar-refractivity contribution in [1.82, 2.24) is 0 Å². The van der Waals surface area contributed by atoms with Crippen molar-refractivity contribution >= 4 is 28.9 Å². The molecule has 2 aromatic rings. The van der Waals surface area contributed by atoms with Crippen LogP contribution in [0.3, 0.4) is 0 Å². The van der Waals surface area contributed by atoms with Crippen LogP contribution in [0.5, 0.6) is 0 Å². The van der Waals surface area contributed by atoms with Crippen LogP contribution in [-0.2, 0) is 14.3 Å². The van der Waals surface area contributed by atoms with Crippen LogP contribution in [0, 0.1) is 12.0 Å². The molecule has 2 unspecified atom stereocenters. The maximum Gasteiger partial charge on any atom is 0.338 e. The lowest BCUT2D eigenvalue weighted by Gasteiger charge is -2.41. The van der Waals surface area contributed by atoms with E-state index in [0.717, 1.165) is 11.3 Å². The second-order valence-corrected chi connectivity index (χ2v) is 8.58. The van der Waals surface area contributed by atoms with Crippen molar-refractivity contribution < 1.29 is 19.1 Å². The highest BCUT2D eigenvalue weighted by molar-refractivity contribution is 5.92. The minimum absolute atomic E-state index is 0.0142. The lowest BCUT2D eigenvalue weighted by atomic mass is 9.78. The lowest BCUT2D eigenvalue weighted by molar-refractivity contribution is -0.114. The number of nitrogens with one attached hydrogen (secondary N) is 2. The SMILES string of the molecule is [C-]#[N+]c1ccc2c(c1)C(OCC)CC(C(C)(C)COC(=O)c1ccc(NC(C)=O)cc1)N2. The van der Waals surface area contributed by atoms with E-state index >= 15 is 0 Å². The van der Waals surface area contributed by atoms with Crippen LogP contribution in [0.15, 0.2) is 42.5 Å². The zero-order chi connectivity index (χ0) is 23.3. The summed E-state index contributed by atoms with van der Waals surface area (Å²) in [5.41, 5.74) is 3.21. The topological polar surface area (TPSA) is 81.0 Å².